The van der Waals surface area contributed by atoms with Gasteiger partial charge in [0.15, 0.2) is 5.78 Å². The van der Waals surface area contributed by atoms with Gasteiger partial charge in [-0.25, -0.2) is 4.98 Å². The molecule has 3 aromatic rings. The van der Waals surface area contributed by atoms with Crippen molar-refractivity contribution in [2.45, 2.75) is 6.92 Å². The predicted molar refractivity (Wildman–Crippen MR) is 85.4 cm³/mol. The monoisotopic (exact) mass is 289 g/mol. The van der Waals surface area contributed by atoms with E-state index in [1.165, 1.54) is 0 Å². The molecule has 0 aliphatic heterocycles. The summed E-state index contributed by atoms with van der Waals surface area (Å²) in [6.45, 7) is 1.88. The Bertz CT molecular complexity index is 783. The van der Waals surface area contributed by atoms with Crippen LogP contribution in [0, 0.1) is 6.92 Å². The Balaban J connectivity index is 1.85. The zero-order valence-corrected chi connectivity index (χ0v) is 12.2. The van der Waals surface area contributed by atoms with E-state index in [0.29, 0.717) is 17.0 Å². The van der Waals surface area contributed by atoms with E-state index in [4.69, 9.17) is 4.74 Å². The third-order valence-corrected chi connectivity index (χ3v) is 3.29. The van der Waals surface area contributed by atoms with E-state index in [1.807, 2.05) is 55.5 Å². The Morgan fingerprint density at radius 2 is 1.55 bits per heavy atom. The lowest BCUT2D eigenvalue weighted by molar-refractivity contribution is 0.103. The average Bonchev–Trinajstić information content (AvgIpc) is 2.58. The summed E-state index contributed by atoms with van der Waals surface area (Å²) in [6, 6.07) is 20.4. The summed E-state index contributed by atoms with van der Waals surface area (Å²) < 4.78 is 5.73. The maximum Gasteiger partial charge on any atom is 0.222 e. The van der Waals surface area contributed by atoms with Crippen molar-refractivity contribution in [3.05, 3.63) is 89.6 Å². The third kappa shape index (κ3) is 3.04. The number of ether oxygens (including phenoxy) is 1. The summed E-state index contributed by atoms with van der Waals surface area (Å²) >= 11 is 0. The van der Waals surface area contributed by atoms with E-state index in [2.05, 4.69) is 4.98 Å². The topological polar surface area (TPSA) is 39.2 Å². The number of aryl methyl sites for hydroxylation is 1. The lowest BCUT2D eigenvalue weighted by atomic mass is 10.0. The molecule has 1 heterocycles. The number of carbonyl (C=O) groups is 1. The van der Waals surface area contributed by atoms with Gasteiger partial charge in [0.05, 0.1) is 0 Å². The van der Waals surface area contributed by atoms with Crippen molar-refractivity contribution in [2.24, 2.45) is 0 Å². The van der Waals surface area contributed by atoms with Crippen LogP contribution in [0.15, 0.2) is 72.9 Å². The molecule has 0 aliphatic rings. The standard InChI is InChI=1S/C19H15NO2/c1-14-12-16(18(21)15-8-4-2-5-9-15)13-20-19(14)22-17-10-6-3-7-11-17/h2-13H,1H3. The molecule has 3 nitrogen and oxygen atoms in total. The molecule has 3 heteroatoms. The first kappa shape index (κ1) is 14.0. The molecule has 0 aliphatic carbocycles. The van der Waals surface area contributed by atoms with Crippen LogP contribution in [-0.4, -0.2) is 10.8 Å². The van der Waals surface area contributed by atoms with Crippen LogP contribution >= 0.6 is 0 Å². The number of benzene rings is 2. The number of ketones is 1. The number of hydrogen-bond donors (Lipinski definition) is 0. The molecule has 0 radical (unpaired) electrons. The zero-order valence-electron chi connectivity index (χ0n) is 12.2. The van der Waals surface area contributed by atoms with Gasteiger partial charge >= 0.3 is 0 Å². The fourth-order valence-corrected chi connectivity index (χ4v) is 2.15. The summed E-state index contributed by atoms with van der Waals surface area (Å²) in [5.41, 5.74) is 2.04. The molecular weight excluding hydrogens is 274 g/mol. The maximum atomic E-state index is 12.4. The van der Waals surface area contributed by atoms with Crippen LogP contribution in [0.25, 0.3) is 0 Å². The van der Waals surface area contributed by atoms with Gasteiger partial charge in [0.25, 0.3) is 0 Å². The lowest BCUT2D eigenvalue weighted by Gasteiger charge is -2.09. The zero-order chi connectivity index (χ0) is 15.4. The minimum atomic E-state index is -0.0394. The SMILES string of the molecule is Cc1cc(C(=O)c2ccccc2)cnc1Oc1ccccc1. The van der Waals surface area contributed by atoms with Crippen molar-refractivity contribution in [3.8, 4) is 11.6 Å². The summed E-state index contributed by atoms with van der Waals surface area (Å²) in [4.78, 5) is 16.7. The Labute approximate surface area is 129 Å². The van der Waals surface area contributed by atoms with Gasteiger partial charge in [-0.15, -0.1) is 0 Å². The van der Waals surface area contributed by atoms with Crippen molar-refractivity contribution in [3.63, 3.8) is 0 Å². The van der Waals surface area contributed by atoms with Crippen molar-refractivity contribution < 1.29 is 9.53 Å². The van der Waals surface area contributed by atoms with Crippen LogP contribution in [0.5, 0.6) is 11.6 Å². The van der Waals surface area contributed by atoms with Gasteiger partial charge < -0.3 is 4.74 Å². The molecule has 0 spiro atoms. The Morgan fingerprint density at radius 3 is 2.18 bits per heavy atom. The van der Waals surface area contributed by atoms with E-state index >= 15 is 0 Å². The second-order valence-electron chi connectivity index (χ2n) is 4.96. The number of aromatic nitrogens is 1. The van der Waals surface area contributed by atoms with Crippen molar-refractivity contribution >= 4 is 5.78 Å². The van der Waals surface area contributed by atoms with E-state index < -0.39 is 0 Å². The summed E-state index contributed by atoms with van der Waals surface area (Å²) in [6.07, 6.45) is 1.56. The van der Waals surface area contributed by atoms with E-state index in [-0.39, 0.29) is 5.78 Å². The van der Waals surface area contributed by atoms with Gasteiger partial charge in [-0.1, -0.05) is 48.5 Å². The van der Waals surface area contributed by atoms with Gasteiger partial charge in [0, 0.05) is 22.9 Å². The van der Waals surface area contributed by atoms with Crippen molar-refractivity contribution in [1.29, 1.82) is 0 Å². The molecule has 0 unspecified atom stereocenters. The molecule has 0 amide bonds. The van der Waals surface area contributed by atoms with Crippen LogP contribution in [0.3, 0.4) is 0 Å². The second kappa shape index (κ2) is 6.22. The van der Waals surface area contributed by atoms with Crippen LogP contribution in [0.2, 0.25) is 0 Å². The average molecular weight is 289 g/mol. The van der Waals surface area contributed by atoms with Crippen LogP contribution < -0.4 is 4.74 Å². The number of carbonyl (C=O) groups excluding carboxylic acids is 1. The number of hydrogen-bond acceptors (Lipinski definition) is 3. The molecule has 22 heavy (non-hydrogen) atoms. The summed E-state index contributed by atoms with van der Waals surface area (Å²) in [5.74, 6) is 1.19. The molecule has 0 fully saturated rings. The quantitative estimate of drug-likeness (QED) is 0.668. The first-order valence-electron chi connectivity index (χ1n) is 7.03. The molecule has 0 N–H and O–H groups in total. The van der Waals surface area contributed by atoms with Crippen molar-refractivity contribution in [2.75, 3.05) is 0 Å². The highest BCUT2D eigenvalue weighted by atomic mass is 16.5. The van der Waals surface area contributed by atoms with E-state index in [0.717, 1.165) is 11.3 Å². The Hall–Kier alpha value is -2.94. The van der Waals surface area contributed by atoms with Crippen molar-refractivity contribution in [1.82, 2.24) is 4.98 Å². The molecule has 108 valence electrons. The first-order chi connectivity index (χ1) is 10.7. The third-order valence-electron chi connectivity index (χ3n) is 3.29. The molecule has 0 saturated carbocycles. The van der Waals surface area contributed by atoms with Gasteiger partial charge in [-0.05, 0) is 25.1 Å². The van der Waals surface area contributed by atoms with Crippen LogP contribution in [0.4, 0.5) is 0 Å². The molecule has 1 aromatic heterocycles. The fraction of sp³-hybridized carbons (Fsp3) is 0.0526. The highest BCUT2D eigenvalue weighted by Gasteiger charge is 2.12. The first-order valence-corrected chi connectivity index (χ1v) is 7.03. The minimum absolute atomic E-state index is 0.0394. The Morgan fingerprint density at radius 1 is 0.909 bits per heavy atom. The maximum absolute atomic E-state index is 12.4. The highest BCUT2D eigenvalue weighted by Crippen LogP contribution is 2.23. The number of nitrogens with zero attached hydrogens (tertiary/aromatic N) is 1. The lowest BCUT2D eigenvalue weighted by Crippen LogP contribution is -2.03. The summed E-state index contributed by atoms with van der Waals surface area (Å²) in [7, 11) is 0. The highest BCUT2D eigenvalue weighted by molar-refractivity contribution is 6.08. The van der Waals surface area contributed by atoms with Crippen LogP contribution in [0.1, 0.15) is 21.5 Å². The Kier molecular flexibility index (Phi) is 3.97. The van der Waals surface area contributed by atoms with Gasteiger partial charge in [0.1, 0.15) is 5.75 Å². The van der Waals surface area contributed by atoms with Gasteiger partial charge in [-0.3, -0.25) is 4.79 Å². The van der Waals surface area contributed by atoms with Gasteiger partial charge in [0.2, 0.25) is 5.88 Å². The smallest absolute Gasteiger partial charge is 0.222 e. The molecular formula is C19H15NO2. The normalized spacial score (nSPS) is 10.2. The largest absolute Gasteiger partial charge is 0.439 e. The molecule has 0 atom stereocenters. The molecule has 2 aromatic carbocycles. The number of rotatable bonds is 4. The van der Waals surface area contributed by atoms with Crippen LogP contribution in [-0.2, 0) is 0 Å². The molecule has 0 saturated heterocycles. The second-order valence-corrected chi connectivity index (χ2v) is 4.96. The fourth-order valence-electron chi connectivity index (χ4n) is 2.15. The van der Waals surface area contributed by atoms with Gasteiger partial charge in [-0.2, -0.15) is 0 Å². The van der Waals surface area contributed by atoms with E-state index in [9.17, 15) is 4.79 Å². The summed E-state index contributed by atoms with van der Waals surface area (Å²) in [5, 5.41) is 0. The van der Waals surface area contributed by atoms with E-state index in [1.54, 1.807) is 24.4 Å². The number of pyridine rings is 1. The molecule has 3 rings (SSSR count). The predicted octanol–water partition coefficient (Wildman–Crippen LogP) is 4.41. The number of para-hydroxylation sites is 1. The minimum Gasteiger partial charge on any atom is -0.439 e. The molecule has 0 bridgehead atoms.